The van der Waals surface area contributed by atoms with Crippen molar-refractivity contribution in [2.45, 2.75) is 26.5 Å². The van der Waals surface area contributed by atoms with Gasteiger partial charge < -0.3 is 4.74 Å². The van der Waals surface area contributed by atoms with Gasteiger partial charge in [0.1, 0.15) is 12.2 Å². The van der Waals surface area contributed by atoms with E-state index >= 15 is 0 Å². The predicted octanol–water partition coefficient (Wildman–Crippen LogP) is 0.621. The van der Waals surface area contributed by atoms with Crippen LogP contribution < -0.4 is 0 Å². The Labute approximate surface area is 66.2 Å². The number of ether oxygens (including phenoxy) is 1. The number of nitrogens with zero attached hydrogens (tertiary/aromatic N) is 3. The van der Waals surface area contributed by atoms with Gasteiger partial charge in [0.05, 0.1) is 12.6 Å². The second kappa shape index (κ2) is 3.48. The van der Waals surface area contributed by atoms with E-state index in [0.29, 0.717) is 0 Å². The lowest BCUT2D eigenvalue weighted by Crippen LogP contribution is -2.14. The van der Waals surface area contributed by atoms with E-state index in [4.69, 9.17) is 4.74 Å². The van der Waals surface area contributed by atoms with E-state index in [2.05, 4.69) is 10.1 Å². The molecular weight excluding hydrogens is 142 g/mol. The second-order valence-electron chi connectivity index (χ2n) is 2.56. The minimum atomic E-state index is 0.191. The molecule has 11 heavy (non-hydrogen) atoms. The Bertz CT molecular complexity index is 221. The maximum absolute atomic E-state index is 5.07. The van der Waals surface area contributed by atoms with Crippen molar-refractivity contribution in [1.82, 2.24) is 14.8 Å². The normalized spacial score (nSPS) is 13.4. The molecule has 0 aromatic carbocycles. The maximum atomic E-state index is 5.07. The van der Waals surface area contributed by atoms with E-state index in [1.54, 1.807) is 18.1 Å². The SMILES string of the molecule is COC(C)Cn1cnc(C)n1. The Morgan fingerprint density at radius 1 is 1.73 bits per heavy atom. The fourth-order valence-corrected chi connectivity index (χ4v) is 0.814. The molecule has 4 nitrogen and oxygen atoms in total. The van der Waals surface area contributed by atoms with Crippen molar-refractivity contribution in [2.75, 3.05) is 7.11 Å². The van der Waals surface area contributed by atoms with Gasteiger partial charge in [-0.3, -0.25) is 4.68 Å². The molecule has 4 heteroatoms. The number of rotatable bonds is 3. The van der Waals surface area contributed by atoms with Gasteiger partial charge in [-0.05, 0) is 13.8 Å². The van der Waals surface area contributed by atoms with Gasteiger partial charge in [0.25, 0.3) is 0 Å². The number of aryl methyl sites for hydroxylation is 1. The zero-order valence-electron chi connectivity index (χ0n) is 7.11. The number of hydrogen-bond donors (Lipinski definition) is 0. The van der Waals surface area contributed by atoms with Gasteiger partial charge >= 0.3 is 0 Å². The van der Waals surface area contributed by atoms with Crippen LogP contribution >= 0.6 is 0 Å². The Morgan fingerprint density at radius 2 is 2.45 bits per heavy atom. The van der Waals surface area contributed by atoms with E-state index in [0.717, 1.165) is 12.4 Å². The average molecular weight is 155 g/mol. The van der Waals surface area contributed by atoms with Gasteiger partial charge in [0.15, 0.2) is 0 Å². The number of hydrogen-bond acceptors (Lipinski definition) is 3. The monoisotopic (exact) mass is 155 g/mol. The topological polar surface area (TPSA) is 39.9 Å². The van der Waals surface area contributed by atoms with Crippen LogP contribution in [0.15, 0.2) is 6.33 Å². The standard InChI is InChI=1S/C7H13N3O/c1-6(11-3)4-10-5-8-7(2)9-10/h5-6H,4H2,1-3H3. The molecule has 0 bridgehead atoms. The third kappa shape index (κ3) is 2.31. The van der Waals surface area contributed by atoms with Crippen LogP contribution in [0.1, 0.15) is 12.7 Å². The Balaban J connectivity index is 2.50. The third-order valence-electron chi connectivity index (χ3n) is 1.50. The van der Waals surface area contributed by atoms with Crippen molar-refractivity contribution in [3.05, 3.63) is 12.2 Å². The van der Waals surface area contributed by atoms with E-state index in [9.17, 15) is 0 Å². The minimum absolute atomic E-state index is 0.191. The summed E-state index contributed by atoms with van der Waals surface area (Å²) in [6.07, 6.45) is 1.90. The highest BCUT2D eigenvalue weighted by atomic mass is 16.5. The summed E-state index contributed by atoms with van der Waals surface area (Å²) < 4.78 is 6.86. The van der Waals surface area contributed by atoms with Crippen LogP contribution in [-0.4, -0.2) is 28.0 Å². The van der Waals surface area contributed by atoms with Crippen molar-refractivity contribution >= 4 is 0 Å². The molecule has 0 saturated heterocycles. The van der Waals surface area contributed by atoms with Crippen LogP contribution in [0, 0.1) is 6.92 Å². The van der Waals surface area contributed by atoms with Crippen LogP contribution in [0.4, 0.5) is 0 Å². The van der Waals surface area contributed by atoms with Crippen LogP contribution in [-0.2, 0) is 11.3 Å². The summed E-state index contributed by atoms with van der Waals surface area (Å²) in [5.74, 6) is 0.799. The third-order valence-corrected chi connectivity index (χ3v) is 1.50. The molecular formula is C7H13N3O. The fraction of sp³-hybridized carbons (Fsp3) is 0.714. The first kappa shape index (κ1) is 8.20. The summed E-state index contributed by atoms with van der Waals surface area (Å²) in [4.78, 5) is 4.00. The molecule has 0 radical (unpaired) electrons. The lowest BCUT2D eigenvalue weighted by Gasteiger charge is -2.07. The highest BCUT2D eigenvalue weighted by Gasteiger charge is 2.01. The van der Waals surface area contributed by atoms with Crippen LogP contribution in [0.2, 0.25) is 0 Å². The molecule has 0 N–H and O–H groups in total. The van der Waals surface area contributed by atoms with Crippen LogP contribution in [0.5, 0.6) is 0 Å². The number of methoxy groups -OCH3 is 1. The van der Waals surface area contributed by atoms with Crippen LogP contribution in [0.3, 0.4) is 0 Å². The summed E-state index contributed by atoms with van der Waals surface area (Å²) in [7, 11) is 1.69. The molecule has 1 rings (SSSR count). The van der Waals surface area contributed by atoms with E-state index in [1.165, 1.54) is 0 Å². The highest BCUT2D eigenvalue weighted by Crippen LogP contribution is 1.93. The van der Waals surface area contributed by atoms with Gasteiger partial charge in [0, 0.05) is 7.11 Å². The minimum Gasteiger partial charge on any atom is -0.380 e. The molecule has 0 aliphatic carbocycles. The van der Waals surface area contributed by atoms with E-state index in [-0.39, 0.29) is 6.10 Å². The first-order valence-electron chi connectivity index (χ1n) is 3.61. The van der Waals surface area contributed by atoms with Gasteiger partial charge in [-0.2, -0.15) is 5.10 Å². The van der Waals surface area contributed by atoms with Gasteiger partial charge in [-0.25, -0.2) is 4.98 Å². The lowest BCUT2D eigenvalue weighted by atomic mass is 10.4. The molecule has 0 spiro atoms. The molecule has 0 aliphatic rings. The van der Waals surface area contributed by atoms with Crippen molar-refractivity contribution in [1.29, 1.82) is 0 Å². The molecule has 0 amide bonds. The summed E-state index contributed by atoms with van der Waals surface area (Å²) in [5, 5.41) is 4.12. The summed E-state index contributed by atoms with van der Waals surface area (Å²) in [6.45, 7) is 4.63. The van der Waals surface area contributed by atoms with Crippen molar-refractivity contribution in [2.24, 2.45) is 0 Å². The zero-order chi connectivity index (χ0) is 8.27. The quantitative estimate of drug-likeness (QED) is 0.642. The number of aromatic nitrogens is 3. The molecule has 62 valence electrons. The molecule has 0 fully saturated rings. The molecule has 0 saturated carbocycles. The first-order valence-corrected chi connectivity index (χ1v) is 3.61. The van der Waals surface area contributed by atoms with Crippen molar-refractivity contribution in [3.8, 4) is 0 Å². The average Bonchev–Trinajstić information content (AvgIpc) is 2.35. The molecule has 0 aliphatic heterocycles. The maximum Gasteiger partial charge on any atom is 0.147 e. The van der Waals surface area contributed by atoms with E-state index < -0.39 is 0 Å². The smallest absolute Gasteiger partial charge is 0.147 e. The van der Waals surface area contributed by atoms with E-state index in [1.807, 2.05) is 13.8 Å². The van der Waals surface area contributed by atoms with Gasteiger partial charge in [-0.15, -0.1) is 0 Å². The van der Waals surface area contributed by atoms with Crippen LogP contribution in [0.25, 0.3) is 0 Å². The fourth-order valence-electron chi connectivity index (χ4n) is 0.814. The molecule has 1 atom stereocenters. The Morgan fingerprint density at radius 3 is 2.91 bits per heavy atom. The van der Waals surface area contributed by atoms with Gasteiger partial charge in [-0.1, -0.05) is 0 Å². The Hall–Kier alpha value is -0.900. The molecule has 1 aromatic rings. The molecule has 1 unspecified atom stereocenters. The largest absolute Gasteiger partial charge is 0.380 e. The summed E-state index contributed by atoms with van der Waals surface area (Å²) in [5.41, 5.74) is 0. The highest BCUT2D eigenvalue weighted by molar-refractivity contribution is 4.75. The predicted molar refractivity (Wildman–Crippen MR) is 41.2 cm³/mol. The molecule has 1 aromatic heterocycles. The summed E-state index contributed by atoms with van der Waals surface area (Å²) >= 11 is 0. The van der Waals surface area contributed by atoms with Crippen molar-refractivity contribution < 1.29 is 4.74 Å². The Kier molecular flexibility index (Phi) is 2.59. The summed E-state index contributed by atoms with van der Waals surface area (Å²) in [6, 6.07) is 0. The second-order valence-corrected chi connectivity index (χ2v) is 2.56. The first-order chi connectivity index (χ1) is 5.22. The molecule has 1 heterocycles. The lowest BCUT2D eigenvalue weighted by molar-refractivity contribution is 0.0997. The van der Waals surface area contributed by atoms with Gasteiger partial charge in [0.2, 0.25) is 0 Å². The van der Waals surface area contributed by atoms with Crippen molar-refractivity contribution in [3.63, 3.8) is 0 Å². The zero-order valence-corrected chi connectivity index (χ0v) is 7.11.